The van der Waals surface area contributed by atoms with E-state index >= 15 is 0 Å². The molecule has 8 atom stereocenters. The van der Waals surface area contributed by atoms with Crippen molar-refractivity contribution in [3.8, 4) is 0 Å². The zero-order chi connectivity index (χ0) is 39.6. The van der Waals surface area contributed by atoms with Crippen LogP contribution in [0.15, 0.2) is 12.2 Å². The zero-order valence-electron chi connectivity index (χ0n) is 33.1. The molecule has 0 radical (unpaired) electrons. The maximum absolute atomic E-state index is 14.4. The zero-order valence-corrected chi connectivity index (χ0v) is 33.1. The van der Waals surface area contributed by atoms with Gasteiger partial charge in [-0.15, -0.1) is 0 Å². The number of carbonyl (C=O) groups is 7. The number of ether oxygens (including phenoxy) is 1. The van der Waals surface area contributed by atoms with Crippen LogP contribution in [0.25, 0.3) is 0 Å². The Balaban J connectivity index is 2.40. The third kappa shape index (κ3) is 11.3. The van der Waals surface area contributed by atoms with Crippen LogP contribution >= 0.6 is 0 Å². The van der Waals surface area contributed by atoms with Crippen molar-refractivity contribution in [3.05, 3.63) is 12.2 Å². The van der Waals surface area contributed by atoms with Gasteiger partial charge in [0.15, 0.2) is 0 Å². The van der Waals surface area contributed by atoms with Crippen molar-refractivity contribution >= 4 is 41.4 Å². The number of hydrogen-bond acceptors (Lipinski definition) is 9. The molecule has 2 aliphatic rings. The number of likely N-dealkylation sites (tertiary alicyclic amines) is 1. The van der Waals surface area contributed by atoms with Gasteiger partial charge in [0.05, 0.1) is 12.1 Å². The minimum Gasteiger partial charge on any atom is -0.460 e. The lowest BCUT2D eigenvalue weighted by Gasteiger charge is -2.38. The van der Waals surface area contributed by atoms with Crippen LogP contribution in [0.5, 0.6) is 0 Å². The van der Waals surface area contributed by atoms with Crippen LogP contribution in [0.1, 0.15) is 107 Å². The van der Waals surface area contributed by atoms with E-state index in [2.05, 4.69) is 12.2 Å². The van der Waals surface area contributed by atoms with Crippen LogP contribution in [0, 0.1) is 17.8 Å². The largest absolute Gasteiger partial charge is 0.460 e. The molecule has 1 saturated heterocycles. The number of nitrogens with zero attached hydrogens (tertiary/aromatic N) is 4. The summed E-state index contributed by atoms with van der Waals surface area (Å²) in [5.74, 6) is -4.76. The van der Waals surface area contributed by atoms with Gasteiger partial charge >= 0.3 is 5.97 Å². The van der Waals surface area contributed by atoms with Gasteiger partial charge in [-0.2, -0.15) is 0 Å². The predicted molar refractivity (Wildman–Crippen MR) is 195 cm³/mol. The van der Waals surface area contributed by atoms with Gasteiger partial charge in [-0.25, -0.2) is 0 Å². The van der Waals surface area contributed by atoms with E-state index in [0.717, 1.165) is 30.6 Å². The summed E-state index contributed by atoms with van der Waals surface area (Å²) in [7, 11) is 2.98. The molecule has 2 aliphatic heterocycles. The van der Waals surface area contributed by atoms with Crippen molar-refractivity contribution in [1.29, 1.82) is 0 Å². The van der Waals surface area contributed by atoms with Crippen LogP contribution in [-0.2, 0) is 38.3 Å². The van der Waals surface area contributed by atoms with Crippen molar-refractivity contribution in [3.63, 3.8) is 0 Å². The van der Waals surface area contributed by atoms with Crippen molar-refractivity contribution in [2.75, 3.05) is 20.6 Å². The number of nitrogens with one attached hydrogen (secondary N) is 1. The van der Waals surface area contributed by atoms with E-state index in [1.165, 1.54) is 41.7 Å². The molecule has 14 heteroatoms. The van der Waals surface area contributed by atoms with Gasteiger partial charge in [0.1, 0.15) is 30.3 Å². The Morgan fingerprint density at radius 3 is 2.13 bits per heavy atom. The molecule has 14 nitrogen and oxygen atoms in total. The first-order valence-corrected chi connectivity index (χ1v) is 18.8. The smallest absolute Gasteiger partial charge is 0.302 e. The molecule has 0 aromatic carbocycles. The van der Waals surface area contributed by atoms with Crippen molar-refractivity contribution in [2.45, 2.75) is 150 Å². The highest BCUT2D eigenvalue weighted by Gasteiger charge is 2.48. The predicted octanol–water partition coefficient (Wildman–Crippen LogP) is 2.66. The second-order valence-electron chi connectivity index (χ2n) is 15.3. The third-order valence-corrected chi connectivity index (χ3v) is 10.0. The van der Waals surface area contributed by atoms with E-state index in [1.807, 2.05) is 20.8 Å². The van der Waals surface area contributed by atoms with E-state index in [9.17, 15) is 38.7 Å². The number of aliphatic hydroxyl groups excluding tert-OH is 1. The average Bonchev–Trinajstić information content (AvgIpc) is 3.62. The summed E-state index contributed by atoms with van der Waals surface area (Å²) in [6.07, 6.45) is 5.67. The Hall–Kier alpha value is -3.81. The second-order valence-corrected chi connectivity index (χ2v) is 15.3. The number of hydrogen-bond donors (Lipinski definition) is 2. The quantitative estimate of drug-likeness (QED) is 0.122. The number of likely N-dealkylation sites (N-methyl/N-ethyl adjacent to an activating group) is 2. The molecule has 52 heavy (non-hydrogen) atoms. The molecule has 0 bridgehead atoms. The Labute approximate surface area is 309 Å². The second kappa shape index (κ2) is 19.9. The molecule has 0 aromatic heterocycles. The molecular weight excluding hydrogens is 670 g/mol. The summed E-state index contributed by atoms with van der Waals surface area (Å²) < 4.78 is 5.40. The summed E-state index contributed by atoms with van der Waals surface area (Å²) in [6.45, 7) is 15.4. The van der Waals surface area contributed by atoms with Gasteiger partial charge in [-0.3, -0.25) is 38.5 Å². The van der Waals surface area contributed by atoms with Gasteiger partial charge in [0.25, 0.3) is 11.8 Å². The number of rotatable bonds is 18. The van der Waals surface area contributed by atoms with Gasteiger partial charge in [-0.1, -0.05) is 73.3 Å². The van der Waals surface area contributed by atoms with Gasteiger partial charge in [-0.05, 0) is 38.5 Å². The topological polar surface area (TPSA) is 174 Å². The molecular formula is C38H63N5O9. The fourth-order valence-corrected chi connectivity index (χ4v) is 7.12. The molecule has 0 aromatic rings. The number of imide groups is 1. The summed E-state index contributed by atoms with van der Waals surface area (Å²) in [6, 6.07) is -5.17. The van der Waals surface area contributed by atoms with E-state index in [1.54, 1.807) is 33.9 Å². The van der Waals surface area contributed by atoms with E-state index in [4.69, 9.17) is 4.74 Å². The Bertz CT molecular complexity index is 1330. The summed E-state index contributed by atoms with van der Waals surface area (Å²) in [5, 5.41) is 13.3. The first-order chi connectivity index (χ1) is 24.2. The fourth-order valence-electron chi connectivity index (χ4n) is 7.12. The van der Waals surface area contributed by atoms with Crippen LogP contribution < -0.4 is 5.32 Å². The monoisotopic (exact) mass is 733 g/mol. The number of unbranched alkanes of at least 4 members (excludes halogenated alkanes) is 3. The van der Waals surface area contributed by atoms with Crippen LogP contribution in [0.4, 0.5) is 0 Å². The lowest BCUT2D eigenvalue weighted by Crippen LogP contribution is -2.62. The molecule has 2 rings (SSSR count). The number of β-amino-alcohol motifs (C(OH)–C–C–N with tert-alkyl or cyclic N) is 1. The third-order valence-electron chi connectivity index (χ3n) is 10.0. The van der Waals surface area contributed by atoms with E-state index in [0.29, 0.717) is 12.8 Å². The van der Waals surface area contributed by atoms with Crippen molar-refractivity contribution in [2.24, 2.45) is 17.8 Å². The van der Waals surface area contributed by atoms with Gasteiger partial charge in [0.2, 0.25) is 23.6 Å². The highest BCUT2D eigenvalue weighted by Crippen LogP contribution is 2.27. The number of carbonyl (C=O) groups excluding carboxylic acids is 7. The lowest BCUT2D eigenvalue weighted by molar-refractivity contribution is -0.157. The minimum atomic E-state index is -1.43. The molecule has 2 N–H and O–H groups in total. The van der Waals surface area contributed by atoms with E-state index < -0.39 is 83.8 Å². The first kappa shape index (κ1) is 44.4. The maximum atomic E-state index is 14.4. The number of amides is 6. The van der Waals surface area contributed by atoms with Crippen LogP contribution in [-0.4, -0.2) is 129 Å². The maximum Gasteiger partial charge on any atom is 0.302 e. The number of esters is 1. The Kier molecular flexibility index (Phi) is 16.9. The summed E-state index contributed by atoms with van der Waals surface area (Å²) >= 11 is 0. The van der Waals surface area contributed by atoms with Gasteiger partial charge in [0, 0.05) is 46.0 Å². The first-order valence-electron chi connectivity index (χ1n) is 18.8. The van der Waals surface area contributed by atoms with Crippen molar-refractivity contribution in [1.82, 2.24) is 24.9 Å². The highest BCUT2D eigenvalue weighted by molar-refractivity contribution is 6.06. The van der Waals surface area contributed by atoms with Gasteiger partial charge < -0.3 is 29.9 Å². The molecule has 294 valence electrons. The average molecular weight is 734 g/mol. The molecule has 8 unspecified atom stereocenters. The Morgan fingerprint density at radius 2 is 1.62 bits per heavy atom. The summed E-state index contributed by atoms with van der Waals surface area (Å²) in [4.78, 5) is 99.2. The molecule has 2 heterocycles. The lowest BCUT2D eigenvalue weighted by atomic mass is 9.96. The number of aliphatic hydroxyl groups is 1. The molecule has 1 fully saturated rings. The minimum absolute atomic E-state index is 0.0117. The fraction of sp³-hybridized carbons (Fsp3) is 0.763. The van der Waals surface area contributed by atoms with E-state index in [-0.39, 0.29) is 30.7 Å². The van der Waals surface area contributed by atoms with Crippen molar-refractivity contribution < 1.29 is 43.4 Å². The molecule has 0 spiro atoms. The Morgan fingerprint density at radius 1 is 0.981 bits per heavy atom. The molecule has 0 aliphatic carbocycles. The molecule has 6 amide bonds. The standard InChI is InChI=1S/C38H63N5O9/c1-12-13-14-15-16-24(6)35(48)40(10)29(19-22(2)3)34(47)39-32(26(8)52-27(9)44)37(50)41(11)33(23(4)5)38(51)42-21-28(45)20-30(42)36(49)43-25(7)17-18-31(43)46/h17-18,22-26,28-30,32-33,45H,12-16,19-21H2,1-11H3,(H,39,47). The molecule has 0 saturated carbocycles. The highest BCUT2D eigenvalue weighted by atomic mass is 16.5. The SMILES string of the molecule is CCCCCCC(C)C(=O)N(C)C(CC(C)C)C(=O)NC(C(=O)N(C)C(C(=O)N1CC(O)CC1C(=O)N1C(=O)C=CC1C)C(C)C)C(C)OC(C)=O. The normalized spacial score (nSPS) is 21.5. The van der Waals surface area contributed by atoms with Crippen LogP contribution in [0.2, 0.25) is 0 Å². The van der Waals surface area contributed by atoms with Crippen LogP contribution in [0.3, 0.4) is 0 Å². The summed E-state index contributed by atoms with van der Waals surface area (Å²) in [5.41, 5.74) is 0.